The van der Waals surface area contributed by atoms with Gasteiger partial charge in [0.05, 0.1) is 5.69 Å². The van der Waals surface area contributed by atoms with Gasteiger partial charge in [0.2, 0.25) is 0 Å². The van der Waals surface area contributed by atoms with E-state index in [1.165, 1.54) is 11.4 Å². The van der Waals surface area contributed by atoms with Crippen LogP contribution in [0, 0.1) is 5.92 Å². The van der Waals surface area contributed by atoms with Crippen molar-refractivity contribution in [3.8, 4) is 0 Å². The molecule has 1 aromatic heterocycles. The van der Waals surface area contributed by atoms with Gasteiger partial charge in [-0.15, -0.1) is 0 Å². The van der Waals surface area contributed by atoms with Crippen LogP contribution in [0.1, 0.15) is 45.0 Å². The zero-order chi connectivity index (χ0) is 12.1. The van der Waals surface area contributed by atoms with Crippen molar-refractivity contribution >= 4 is 0 Å². The standard InChI is InChI=1S/C13H25N3/c1-5-11-9-12(16(4)15-11)7-6-8-13(14)10(2)3/h9-10,13H,5-8,14H2,1-4H3. The summed E-state index contributed by atoms with van der Waals surface area (Å²) in [7, 11) is 2.02. The number of nitrogens with zero attached hydrogens (tertiary/aromatic N) is 2. The molecule has 1 aromatic rings. The molecule has 0 aliphatic rings. The van der Waals surface area contributed by atoms with Crippen LogP contribution in [0.15, 0.2) is 6.07 Å². The number of hydrogen-bond acceptors (Lipinski definition) is 2. The first kappa shape index (κ1) is 13.2. The highest BCUT2D eigenvalue weighted by Crippen LogP contribution is 2.11. The molecule has 1 rings (SSSR count). The van der Waals surface area contributed by atoms with Gasteiger partial charge in [-0.25, -0.2) is 0 Å². The normalized spacial score (nSPS) is 13.4. The lowest BCUT2D eigenvalue weighted by atomic mass is 9.99. The van der Waals surface area contributed by atoms with Gasteiger partial charge in [-0.1, -0.05) is 20.8 Å². The minimum Gasteiger partial charge on any atom is -0.327 e. The van der Waals surface area contributed by atoms with Crippen molar-refractivity contribution in [2.45, 2.75) is 52.5 Å². The first-order valence-electron chi connectivity index (χ1n) is 6.32. The third kappa shape index (κ3) is 3.63. The minimum absolute atomic E-state index is 0.332. The van der Waals surface area contributed by atoms with Gasteiger partial charge < -0.3 is 5.73 Å². The Morgan fingerprint density at radius 2 is 2.12 bits per heavy atom. The molecule has 0 saturated carbocycles. The molecule has 3 heteroatoms. The van der Waals surface area contributed by atoms with Gasteiger partial charge in [0.25, 0.3) is 0 Å². The summed E-state index contributed by atoms with van der Waals surface area (Å²) in [6, 6.07) is 2.54. The molecule has 0 fully saturated rings. The van der Waals surface area contributed by atoms with E-state index in [0.717, 1.165) is 25.7 Å². The molecule has 1 heterocycles. The van der Waals surface area contributed by atoms with Crippen LogP contribution < -0.4 is 5.73 Å². The highest BCUT2D eigenvalue weighted by molar-refractivity contribution is 5.10. The minimum atomic E-state index is 0.332. The molecule has 0 amide bonds. The van der Waals surface area contributed by atoms with Crippen LogP contribution in [-0.4, -0.2) is 15.8 Å². The average Bonchev–Trinajstić information content (AvgIpc) is 2.59. The second kappa shape index (κ2) is 6.04. The summed E-state index contributed by atoms with van der Waals surface area (Å²) in [5.41, 5.74) is 8.54. The maximum Gasteiger partial charge on any atom is 0.0624 e. The van der Waals surface area contributed by atoms with Crippen molar-refractivity contribution < 1.29 is 0 Å². The number of nitrogens with two attached hydrogens (primary N) is 1. The topological polar surface area (TPSA) is 43.8 Å². The summed E-state index contributed by atoms with van der Waals surface area (Å²) >= 11 is 0. The summed E-state index contributed by atoms with van der Waals surface area (Å²) in [5.74, 6) is 0.581. The maximum absolute atomic E-state index is 6.03. The molecule has 0 aromatic carbocycles. The van der Waals surface area contributed by atoms with Crippen molar-refractivity contribution in [3.63, 3.8) is 0 Å². The second-order valence-corrected chi connectivity index (χ2v) is 4.90. The van der Waals surface area contributed by atoms with Gasteiger partial charge >= 0.3 is 0 Å². The summed E-state index contributed by atoms with van der Waals surface area (Å²) in [6.45, 7) is 6.51. The first-order chi connectivity index (χ1) is 7.54. The molecule has 0 radical (unpaired) electrons. The summed E-state index contributed by atoms with van der Waals surface area (Å²) in [4.78, 5) is 0. The summed E-state index contributed by atoms with van der Waals surface area (Å²) in [6.07, 6.45) is 4.36. The van der Waals surface area contributed by atoms with E-state index in [2.05, 4.69) is 31.9 Å². The Hall–Kier alpha value is -0.830. The molecule has 16 heavy (non-hydrogen) atoms. The SMILES string of the molecule is CCc1cc(CCCC(N)C(C)C)n(C)n1. The van der Waals surface area contributed by atoms with Crippen LogP contribution >= 0.6 is 0 Å². The van der Waals surface area contributed by atoms with E-state index in [0.29, 0.717) is 12.0 Å². The highest BCUT2D eigenvalue weighted by atomic mass is 15.3. The largest absolute Gasteiger partial charge is 0.327 e. The monoisotopic (exact) mass is 223 g/mol. The zero-order valence-corrected chi connectivity index (χ0v) is 11.0. The molecule has 0 aliphatic heterocycles. The lowest BCUT2D eigenvalue weighted by Crippen LogP contribution is -2.26. The van der Waals surface area contributed by atoms with E-state index in [9.17, 15) is 0 Å². The van der Waals surface area contributed by atoms with Gasteiger partial charge in [0.1, 0.15) is 0 Å². The highest BCUT2D eigenvalue weighted by Gasteiger charge is 2.08. The van der Waals surface area contributed by atoms with Crippen LogP contribution in [0.5, 0.6) is 0 Å². The van der Waals surface area contributed by atoms with E-state index >= 15 is 0 Å². The number of rotatable bonds is 6. The smallest absolute Gasteiger partial charge is 0.0624 e. The van der Waals surface area contributed by atoms with Crippen LogP contribution in [0.3, 0.4) is 0 Å². The van der Waals surface area contributed by atoms with Crippen molar-refractivity contribution in [3.05, 3.63) is 17.5 Å². The van der Waals surface area contributed by atoms with E-state index in [1.54, 1.807) is 0 Å². The first-order valence-corrected chi connectivity index (χ1v) is 6.32. The molecular weight excluding hydrogens is 198 g/mol. The van der Waals surface area contributed by atoms with Gasteiger partial charge in [-0.05, 0) is 37.7 Å². The Balaban J connectivity index is 2.39. The number of hydrogen-bond donors (Lipinski definition) is 1. The van der Waals surface area contributed by atoms with Gasteiger partial charge in [0.15, 0.2) is 0 Å². The van der Waals surface area contributed by atoms with Crippen molar-refractivity contribution in [2.75, 3.05) is 0 Å². The van der Waals surface area contributed by atoms with Crippen LogP contribution in [-0.2, 0) is 19.9 Å². The molecule has 1 unspecified atom stereocenters. The Bertz CT molecular complexity index is 315. The van der Waals surface area contributed by atoms with Crippen molar-refractivity contribution in [1.29, 1.82) is 0 Å². The molecule has 0 spiro atoms. The average molecular weight is 223 g/mol. The molecule has 0 aliphatic carbocycles. The predicted octanol–water partition coefficient (Wildman–Crippen LogP) is 2.29. The fourth-order valence-corrected chi connectivity index (χ4v) is 1.83. The molecule has 1 atom stereocenters. The summed E-state index contributed by atoms with van der Waals surface area (Å²) in [5, 5.41) is 4.45. The predicted molar refractivity (Wildman–Crippen MR) is 68.3 cm³/mol. The Morgan fingerprint density at radius 3 is 2.62 bits per heavy atom. The quantitative estimate of drug-likeness (QED) is 0.804. The zero-order valence-electron chi connectivity index (χ0n) is 11.0. The molecule has 2 N–H and O–H groups in total. The number of aromatic nitrogens is 2. The molecule has 0 saturated heterocycles. The van der Waals surface area contributed by atoms with Gasteiger partial charge in [-0.3, -0.25) is 4.68 Å². The lowest BCUT2D eigenvalue weighted by Gasteiger charge is -2.14. The fraction of sp³-hybridized carbons (Fsp3) is 0.769. The molecule has 0 bridgehead atoms. The molecule has 92 valence electrons. The summed E-state index contributed by atoms with van der Waals surface area (Å²) < 4.78 is 2.00. The Morgan fingerprint density at radius 1 is 1.44 bits per heavy atom. The Kier molecular flexibility index (Phi) is 5.00. The molecular formula is C13H25N3. The second-order valence-electron chi connectivity index (χ2n) is 4.90. The fourth-order valence-electron chi connectivity index (χ4n) is 1.83. The number of aryl methyl sites for hydroxylation is 3. The third-order valence-electron chi connectivity index (χ3n) is 3.22. The maximum atomic E-state index is 6.03. The van der Waals surface area contributed by atoms with Crippen LogP contribution in [0.2, 0.25) is 0 Å². The Labute approximate surface area is 99.0 Å². The van der Waals surface area contributed by atoms with Crippen LogP contribution in [0.25, 0.3) is 0 Å². The molecule has 3 nitrogen and oxygen atoms in total. The van der Waals surface area contributed by atoms with Crippen molar-refractivity contribution in [1.82, 2.24) is 9.78 Å². The van der Waals surface area contributed by atoms with E-state index in [-0.39, 0.29) is 0 Å². The third-order valence-corrected chi connectivity index (χ3v) is 3.22. The van der Waals surface area contributed by atoms with Crippen LogP contribution in [0.4, 0.5) is 0 Å². The van der Waals surface area contributed by atoms with Crippen molar-refractivity contribution in [2.24, 2.45) is 18.7 Å². The van der Waals surface area contributed by atoms with E-state index in [1.807, 2.05) is 11.7 Å². The van der Waals surface area contributed by atoms with E-state index in [4.69, 9.17) is 5.73 Å². The van der Waals surface area contributed by atoms with E-state index < -0.39 is 0 Å². The van der Waals surface area contributed by atoms with Gasteiger partial charge in [0, 0.05) is 18.8 Å². The lowest BCUT2D eigenvalue weighted by molar-refractivity contribution is 0.449. The van der Waals surface area contributed by atoms with Gasteiger partial charge in [-0.2, -0.15) is 5.10 Å².